The molecule has 9 heteroatoms. The van der Waals surface area contributed by atoms with Crippen molar-refractivity contribution in [1.82, 2.24) is 15.3 Å². The predicted octanol–water partition coefficient (Wildman–Crippen LogP) is 1.10. The average Bonchev–Trinajstić information content (AvgIpc) is 2.48. The van der Waals surface area contributed by atoms with Gasteiger partial charge in [0.15, 0.2) is 22.5 Å². The van der Waals surface area contributed by atoms with Crippen LogP contribution in [0.5, 0.6) is 0 Å². The van der Waals surface area contributed by atoms with Crippen LogP contribution >= 0.6 is 11.6 Å². The maximum atomic E-state index is 11.9. The van der Waals surface area contributed by atoms with Gasteiger partial charge in [-0.3, -0.25) is 4.79 Å². The molecule has 0 aliphatic carbocycles. The van der Waals surface area contributed by atoms with Crippen molar-refractivity contribution in [2.45, 2.75) is 20.3 Å². The summed E-state index contributed by atoms with van der Waals surface area (Å²) in [4.78, 5) is 19.5. The highest BCUT2D eigenvalue weighted by Crippen LogP contribution is 2.16. The van der Waals surface area contributed by atoms with Crippen LogP contribution in [0.1, 0.15) is 30.8 Å². The van der Waals surface area contributed by atoms with Crippen molar-refractivity contribution >= 4 is 29.1 Å². The van der Waals surface area contributed by atoms with Gasteiger partial charge in [-0.25, -0.2) is 9.97 Å². The quantitative estimate of drug-likeness (QED) is 0.542. The summed E-state index contributed by atoms with van der Waals surface area (Å²) >= 11 is 5.72. The molecule has 5 N–H and O–H groups in total. The summed E-state index contributed by atoms with van der Waals surface area (Å²) in [6.07, 6.45) is 1.03. The van der Waals surface area contributed by atoms with Crippen LogP contribution in [0.15, 0.2) is 0 Å². The maximum absolute atomic E-state index is 11.9. The molecule has 8 nitrogen and oxygen atoms in total. The van der Waals surface area contributed by atoms with Gasteiger partial charge in [0, 0.05) is 13.2 Å². The van der Waals surface area contributed by atoms with E-state index in [0.29, 0.717) is 32.3 Å². The van der Waals surface area contributed by atoms with Gasteiger partial charge in [-0.15, -0.1) is 0 Å². The Morgan fingerprint density at radius 3 is 2.43 bits per heavy atom. The van der Waals surface area contributed by atoms with Crippen molar-refractivity contribution in [2.75, 3.05) is 44.4 Å². The van der Waals surface area contributed by atoms with Crippen molar-refractivity contribution in [1.29, 1.82) is 0 Å². The van der Waals surface area contributed by atoms with Gasteiger partial charge in [-0.1, -0.05) is 25.4 Å². The van der Waals surface area contributed by atoms with E-state index < -0.39 is 5.91 Å². The fourth-order valence-electron chi connectivity index (χ4n) is 1.57. The second kappa shape index (κ2) is 10.2. The van der Waals surface area contributed by atoms with Gasteiger partial charge in [0.05, 0.1) is 19.8 Å². The summed E-state index contributed by atoms with van der Waals surface area (Å²) in [5.41, 5.74) is 11.0. The third kappa shape index (κ3) is 7.45. The maximum Gasteiger partial charge on any atom is 0.273 e. The minimum atomic E-state index is -0.478. The van der Waals surface area contributed by atoms with Crippen molar-refractivity contribution in [3.05, 3.63) is 10.8 Å². The molecule has 0 unspecified atom stereocenters. The normalized spacial score (nSPS) is 11.0. The third-order valence-corrected chi connectivity index (χ3v) is 3.14. The lowest BCUT2D eigenvalue weighted by molar-refractivity contribution is 0.0446. The van der Waals surface area contributed by atoms with Crippen LogP contribution in [0.4, 0.5) is 11.6 Å². The summed E-state index contributed by atoms with van der Waals surface area (Å²) in [6, 6.07) is 0. The first kappa shape index (κ1) is 19.4. The summed E-state index contributed by atoms with van der Waals surface area (Å²) < 4.78 is 10.8. The highest BCUT2D eigenvalue weighted by molar-refractivity contribution is 6.31. The summed E-state index contributed by atoms with van der Waals surface area (Å²) in [7, 11) is 0. The number of anilines is 2. The second-order valence-corrected chi connectivity index (χ2v) is 5.65. The molecule has 1 rings (SSSR count). The molecule has 1 aromatic heterocycles. The van der Waals surface area contributed by atoms with Gasteiger partial charge in [0.1, 0.15) is 0 Å². The van der Waals surface area contributed by atoms with Gasteiger partial charge < -0.3 is 26.3 Å². The lowest BCUT2D eigenvalue weighted by Gasteiger charge is -2.09. The van der Waals surface area contributed by atoms with Crippen LogP contribution in [-0.2, 0) is 9.47 Å². The monoisotopic (exact) mass is 345 g/mol. The van der Waals surface area contributed by atoms with Crippen LogP contribution in [0.3, 0.4) is 0 Å². The van der Waals surface area contributed by atoms with E-state index in [2.05, 4.69) is 29.1 Å². The number of nitrogens with zero attached hydrogens (tertiary/aromatic N) is 2. The molecule has 1 amide bonds. The highest BCUT2D eigenvalue weighted by Gasteiger charge is 2.15. The van der Waals surface area contributed by atoms with E-state index in [1.54, 1.807) is 0 Å². The van der Waals surface area contributed by atoms with Gasteiger partial charge in [-0.05, 0) is 12.3 Å². The van der Waals surface area contributed by atoms with Gasteiger partial charge in [0.2, 0.25) is 0 Å². The number of aromatic nitrogens is 2. The van der Waals surface area contributed by atoms with Crippen LogP contribution in [0.25, 0.3) is 0 Å². The number of carbonyl (C=O) groups is 1. The van der Waals surface area contributed by atoms with Crippen molar-refractivity contribution in [3.8, 4) is 0 Å². The molecule has 0 spiro atoms. The molecule has 130 valence electrons. The second-order valence-electron chi connectivity index (χ2n) is 5.30. The van der Waals surface area contributed by atoms with Crippen molar-refractivity contribution < 1.29 is 14.3 Å². The van der Waals surface area contributed by atoms with Crippen LogP contribution < -0.4 is 16.8 Å². The Bertz CT molecular complexity index is 513. The number of nitrogen functional groups attached to an aromatic ring is 2. The standard InChI is InChI=1S/C14H24ClN5O3/c1-9(2)3-5-22-7-8-23-6-4-18-14(21)10-12(16)20-13(17)11(15)19-10/h9H,3-8H2,1-2H3,(H,18,21)(H4,16,17,20). The van der Waals surface area contributed by atoms with Gasteiger partial charge in [0.25, 0.3) is 5.91 Å². The Balaban J connectivity index is 2.16. The first-order valence-electron chi connectivity index (χ1n) is 7.44. The van der Waals surface area contributed by atoms with Crippen LogP contribution in [0, 0.1) is 5.92 Å². The largest absolute Gasteiger partial charge is 0.382 e. The Hall–Kier alpha value is -1.64. The number of ether oxygens (including phenoxy) is 2. The predicted molar refractivity (Wildman–Crippen MR) is 89.3 cm³/mol. The van der Waals surface area contributed by atoms with Crippen molar-refractivity contribution in [3.63, 3.8) is 0 Å². The van der Waals surface area contributed by atoms with E-state index in [-0.39, 0.29) is 22.5 Å². The minimum Gasteiger partial charge on any atom is -0.382 e. The number of nitrogens with one attached hydrogen (secondary N) is 1. The number of carbonyl (C=O) groups excluding carboxylic acids is 1. The number of hydrogen-bond donors (Lipinski definition) is 3. The Kier molecular flexibility index (Phi) is 8.60. The van der Waals surface area contributed by atoms with Gasteiger partial charge >= 0.3 is 0 Å². The molecule has 0 aromatic carbocycles. The van der Waals surface area contributed by atoms with Crippen LogP contribution in [-0.4, -0.2) is 48.8 Å². The zero-order chi connectivity index (χ0) is 17.2. The Morgan fingerprint density at radius 2 is 1.78 bits per heavy atom. The molecule has 0 saturated heterocycles. The number of halogens is 1. The molecule has 0 bridgehead atoms. The van der Waals surface area contributed by atoms with E-state index in [1.807, 2.05) is 0 Å². The molecule has 1 heterocycles. The number of nitrogens with two attached hydrogens (primary N) is 2. The molecular formula is C14H24ClN5O3. The molecule has 1 aromatic rings. The zero-order valence-electron chi connectivity index (χ0n) is 13.5. The number of rotatable bonds is 10. The molecule has 0 atom stereocenters. The smallest absolute Gasteiger partial charge is 0.273 e. The molecule has 0 aliphatic rings. The Labute approximate surface area is 140 Å². The van der Waals surface area contributed by atoms with Crippen molar-refractivity contribution in [2.24, 2.45) is 5.92 Å². The molecule has 0 saturated carbocycles. The van der Waals surface area contributed by atoms with E-state index >= 15 is 0 Å². The zero-order valence-corrected chi connectivity index (χ0v) is 14.2. The summed E-state index contributed by atoms with van der Waals surface area (Å²) in [5, 5.41) is 2.56. The van der Waals surface area contributed by atoms with E-state index in [1.165, 1.54) is 0 Å². The molecule has 23 heavy (non-hydrogen) atoms. The summed E-state index contributed by atoms with van der Waals surface area (Å²) in [5.74, 6) is 0.0718. The third-order valence-electron chi connectivity index (χ3n) is 2.86. The lowest BCUT2D eigenvalue weighted by atomic mass is 10.1. The molecular weight excluding hydrogens is 322 g/mol. The molecule has 0 aliphatic heterocycles. The fourth-order valence-corrected chi connectivity index (χ4v) is 1.70. The summed E-state index contributed by atoms with van der Waals surface area (Å²) in [6.45, 7) is 6.70. The number of amides is 1. The van der Waals surface area contributed by atoms with E-state index in [4.69, 9.17) is 32.5 Å². The molecule has 0 fully saturated rings. The van der Waals surface area contributed by atoms with Crippen LogP contribution in [0.2, 0.25) is 5.15 Å². The topological polar surface area (TPSA) is 125 Å². The lowest BCUT2D eigenvalue weighted by Crippen LogP contribution is -2.29. The average molecular weight is 346 g/mol. The number of hydrogen-bond acceptors (Lipinski definition) is 7. The van der Waals surface area contributed by atoms with Gasteiger partial charge in [-0.2, -0.15) is 0 Å². The Morgan fingerprint density at radius 1 is 1.13 bits per heavy atom. The minimum absolute atomic E-state index is 0.0125. The molecule has 0 radical (unpaired) electrons. The SMILES string of the molecule is CC(C)CCOCCOCCNC(=O)c1nc(Cl)c(N)nc1N. The first-order chi connectivity index (χ1) is 10.9. The highest BCUT2D eigenvalue weighted by atomic mass is 35.5. The first-order valence-corrected chi connectivity index (χ1v) is 7.81. The van der Waals surface area contributed by atoms with E-state index in [9.17, 15) is 4.79 Å². The fraction of sp³-hybridized carbons (Fsp3) is 0.643. The van der Waals surface area contributed by atoms with E-state index in [0.717, 1.165) is 13.0 Å².